The summed E-state index contributed by atoms with van der Waals surface area (Å²) >= 11 is 3.56. The lowest BCUT2D eigenvalue weighted by Crippen LogP contribution is -2.18. The number of hydrogen-bond donors (Lipinski definition) is 1. The molecule has 0 amide bonds. The first-order chi connectivity index (χ1) is 9.24. The number of nitrogens with one attached hydrogen (secondary N) is 1. The number of halogens is 1. The predicted octanol–water partition coefficient (Wildman–Crippen LogP) is 3.83. The molecule has 3 nitrogen and oxygen atoms in total. The zero-order valence-corrected chi connectivity index (χ0v) is 12.4. The molecular formula is C15H16BrNO2. The number of ether oxygens (including phenoxy) is 1. The highest BCUT2D eigenvalue weighted by Gasteiger charge is 2.18. The summed E-state index contributed by atoms with van der Waals surface area (Å²) in [4.78, 5) is 0. The summed E-state index contributed by atoms with van der Waals surface area (Å²) in [5, 5.41) is 3.46. The van der Waals surface area contributed by atoms with Crippen LogP contribution in [0.3, 0.4) is 0 Å². The maximum absolute atomic E-state index is 5.72. The van der Waals surface area contributed by atoms with Crippen LogP contribution in [0, 0.1) is 0 Å². The minimum absolute atomic E-state index is 0.186. The van der Waals surface area contributed by atoms with Crippen LogP contribution in [0.4, 0.5) is 0 Å². The molecule has 2 aromatic rings. The van der Waals surface area contributed by atoms with Gasteiger partial charge in [0.25, 0.3) is 0 Å². The number of furan rings is 1. The van der Waals surface area contributed by atoms with Gasteiger partial charge < -0.3 is 14.5 Å². The zero-order chi connectivity index (χ0) is 13.2. The summed E-state index contributed by atoms with van der Waals surface area (Å²) in [6.45, 7) is 3.65. The van der Waals surface area contributed by atoms with E-state index < -0.39 is 0 Å². The van der Waals surface area contributed by atoms with Gasteiger partial charge >= 0.3 is 0 Å². The van der Waals surface area contributed by atoms with E-state index in [9.17, 15) is 0 Å². The molecule has 1 aliphatic rings. The molecule has 2 heterocycles. The first kappa shape index (κ1) is 12.8. The fraction of sp³-hybridized carbons (Fsp3) is 0.333. The minimum atomic E-state index is 0.186. The second kappa shape index (κ2) is 5.39. The normalized spacial score (nSPS) is 15.1. The maximum atomic E-state index is 5.72. The van der Waals surface area contributed by atoms with Crippen LogP contribution in [-0.4, -0.2) is 6.61 Å². The Labute approximate surface area is 121 Å². The summed E-state index contributed by atoms with van der Waals surface area (Å²) in [6.07, 6.45) is 2.70. The molecule has 1 aromatic heterocycles. The molecule has 0 saturated heterocycles. The molecule has 1 atom stereocenters. The van der Waals surface area contributed by atoms with E-state index in [0.29, 0.717) is 0 Å². The molecule has 4 heteroatoms. The van der Waals surface area contributed by atoms with Crippen molar-refractivity contribution < 1.29 is 9.15 Å². The lowest BCUT2D eigenvalue weighted by molar-refractivity contribution is 0.350. The monoisotopic (exact) mass is 321 g/mol. The number of benzene rings is 1. The SMILES string of the molecule is CC(NCc1cc(Br)cc2c1OCC2)c1ccco1. The van der Waals surface area contributed by atoms with Crippen molar-refractivity contribution in [2.45, 2.75) is 25.9 Å². The van der Waals surface area contributed by atoms with Crippen LogP contribution in [0.25, 0.3) is 0 Å². The van der Waals surface area contributed by atoms with Crippen LogP contribution in [0.5, 0.6) is 5.75 Å². The topological polar surface area (TPSA) is 34.4 Å². The molecule has 0 bridgehead atoms. The van der Waals surface area contributed by atoms with Gasteiger partial charge in [-0.3, -0.25) is 0 Å². The van der Waals surface area contributed by atoms with Crippen LogP contribution >= 0.6 is 15.9 Å². The molecule has 19 heavy (non-hydrogen) atoms. The quantitative estimate of drug-likeness (QED) is 0.929. The van der Waals surface area contributed by atoms with Crippen molar-refractivity contribution in [3.63, 3.8) is 0 Å². The standard InChI is InChI=1S/C15H16BrNO2/c1-10(14-3-2-5-18-14)17-9-12-8-13(16)7-11-4-6-19-15(11)12/h2-3,5,7-8,10,17H,4,6,9H2,1H3. The van der Waals surface area contributed by atoms with Crippen LogP contribution in [-0.2, 0) is 13.0 Å². The molecule has 0 aliphatic carbocycles. The number of rotatable bonds is 4. The summed E-state index contributed by atoms with van der Waals surface area (Å²) in [5.41, 5.74) is 2.48. The van der Waals surface area contributed by atoms with E-state index in [0.717, 1.165) is 35.6 Å². The van der Waals surface area contributed by atoms with Crippen molar-refractivity contribution in [3.8, 4) is 5.75 Å². The first-order valence-corrected chi connectivity index (χ1v) is 7.24. The minimum Gasteiger partial charge on any atom is -0.493 e. The second-order valence-electron chi connectivity index (χ2n) is 4.77. The van der Waals surface area contributed by atoms with E-state index in [1.165, 1.54) is 11.1 Å². The van der Waals surface area contributed by atoms with Crippen molar-refractivity contribution in [2.24, 2.45) is 0 Å². The van der Waals surface area contributed by atoms with Gasteiger partial charge in [0.1, 0.15) is 11.5 Å². The third kappa shape index (κ3) is 2.69. The number of hydrogen-bond acceptors (Lipinski definition) is 3. The third-order valence-electron chi connectivity index (χ3n) is 3.39. The molecular weight excluding hydrogens is 306 g/mol. The molecule has 1 unspecified atom stereocenters. The van der Waals surface area contributed by atoms with Crippen molar-refractivity contribution in [2.75, 3.05) is 6.61 Å². The van der Waals surface area contributed by atoms with Gasteiger partial charge in [0.2, 0.25) is 0 Å². The summed E-state index contributed by atoms with van der Waals surface area (Å²) in [6, 6.07) is 8.34. The highest BCUT2D eigenvalue weighted by Crippen LogP contribution is 2.33. The Morgan fingerprint density at radius 3 is 3.11 bits per heavy atom. The summed E-state index contributed by atoms with van der Waals surface area (Å²) in [5.74, 6) is 2.00. The average molecular weight is 322 g/mol. The molecule has 1 aliphatic heterocycles. The van der Waals surface area contributed by atoms with Gasteiger partial charge in [0, 0.05) is 23.0 Å². The van der Waals surface area contributed by atoms with Crippen LogP contribution in [0.1, 0.15) is 29.9 Å². The maximum Gasteiger partial charge on any atom is 0.127 e. The Morgan fingerprint density at radius 2 is 2.32 bits per heavy atom. The lowest BCUT2D eigenvalue weighted by Gasteiger charge is -2.14. The number of fused-ring (bicyclic) bond motifs is 1. The Bertz CT molecular complexity index is 566. The van der Waals surface area contributed by atoms with E-state index in [1.807, 2.05) is 12.1 Å². The molecule has 0 fully saturated rings. The van der Waals surface area contributed by atoms with E-state index in [-0.39, 0.29) is 6.04 Å². The summed E-state index contributed by atoms with van der Waals surface area (Å²) < 4.78 is 12.2. The molecule has 0 saturated carbocycles. The van der Waals surface area contributed by atoms with E-state index in [2.05, 4.69) is 40.3 Å². The third-order valence-corrected chi connectivity index (χ3v) is 3.85. The Kier molecular flexibility index (Phi) is 3.62. The molecule has 0 spiro atoms. The van der Waals surface area contributed by atoms with Crippen LogP contribution < -0.4 is 10.1 Å². The molecule has 100 valence electrons. The second-order valence-corrected chi connectivity index (χ2v) is 5.69. The Balaban J connectivity index is 1.74. The molecule has 1 N–H and O–H groups in total. The largest absolute Gasteiger partial charge is 0.493 e. The van der Waals surface area contributed by atoms with E-state index in [1.54, 1.807) is 6.26 Å². The first-order valence-electron chi connectivity index (χ1n) is 6.45. The van der Waals surface area contributed by atoms with Gasteiger partial charge in [-0.25, -0.2) is 0 Å². The molecule has 3 rings (SSSR count). The van der Waals surface area contributed by atoms with Crippen molar-refractivity contribution in [1.82, 2.24) is 5.32 Å². The van der Waals surface area contributed by atoms with Gasteiger partial charge in [-0.05, 0) is 36.8 Å². The zero-order valence-electron chi connectivity index (χ0n) is 10.8. The highest BCUT2D eigenvalue weighted by atomic mass is 79.9. The fourth-order valence-corrected chi connectivity index (χ4v) is 2.93. The van der Waals surface area contributed by atoms with Crippen molar-refractivity contribution in [1.29, 1.82) is 0 Å². The lowest BCUT2D eigenvalue weighted by atomic mass is 10.1. The Hall–Kier alpha value is -1.26. The van der Waals surface area contributed by atoms with E-state index >= 15 is 0 Å². The Morgan fingerprint density at radius 1 is 1.42 bits per heavy atom. The molecule has 1 aromatic carbocycles. The van der Waals surface area contributed by atoms with Crippen molar-refractivity contribution in [3.05, 3.63) is 51.9 Å². The molecule has 0 radical (unpaired) electrons. The van der Waals surface area contributed by atoms with Gasteiger partial charge in [0.05, 0.1) is 18.9 Å². The fourth-order valence-electron chi connectivity index (χ4n) is 2.38. The van der Waals surface area contributed by atoms with Gasteiger partial charge in [-0.15, -0.1) is 0 Å². The van der Waals surface area contributed by atoms with Gasteiger partial charge in [0.15, 0.2) is 0 Å². The summed E-state index contributed by atoms with van der Waals surface area (Å²) in [7, 11) is 0. The average Bonchev–Trinajstić information content (AvgIpc) is 3.05. The van der Waals surface area contributed by atoms with E-state index in [4.69, 9.17) is 9.15 Å². The smallest absolute Gasteiger partial charge is 0.127 e. The van der Waals surface area contributed by atoms with Crippen LogP contribution in [0.2, 0.25) is 0 Å². The van der Waals surface area contributed by atoms with Crippen LogP contribution in [0.15, 0.2) is 39.4 Å². The van der Waals surface area contributed by atoms with Gasteiger partial charge in [-0.1, -0.05) is 15.9 Å². The van der Waals surface area contributed by atoms with Gasteiger partial charge in [-0.2, -0.15) is 0 Å². The van der Waals surface area contributed by atoms with Crippen molar-refractivity contribution >= 4 is 15.9 Å². The predicted molar refractivity (Wildman–Crippen MR) is 77.3 cm³/mol. The highest BCUT2D eigenvalue weighted by molar-refractivity contribution is 9.10.